The van der Waals surface area contributed by atoms with Gasteiger partial charge in [0, 0.05) is 11.6 Å². The number of aromatic nitrogens is 2. The number of nitrogens with zero attached hydrogens (tertiary/aromatic N) is 2. The molecule has 2 heterocycles. The van der Waals surface area contributed by atoms with Crippen molar-refractivity contribution in [3.63, 3.8) is 0 Å². The van der Waals surface area contributed by atoms with E-state index >= 15 is 0 Å². The van der Waals surface area contributed by atoms with Crippen LogP contribution in [0.5, 0.6) is 5.75 Å². The number of hydrogen-bond donors (Lipinski definition) is 1. The van der Waals surface area contributed by atoms with Gasteiger partial charge in [-0.1, -0.05) is 11.6 Å². The molecule has 0 saturated heterocycles. The highest BCUT2D eigenvalue weighted by Gasteiger charge is 2.37. The van der Waals surface area contributed by atoms with E-state index in [2.05, 4.69) is 15.3 Å². The van der Waals surface area contributed by atoms with Crippen LogP contribution in [0.2, 0.25) is 5.15 Å². The molecule has 128 valence electrons. The van der Waals surface area contributed by atoms with E-state index < -0.39 is 5.67 Å². The van der Waals surface area contributed by atoms with Crippen molar-refractivity contribution in [3.05, 3.63) is 53.9 Å². The molecule has 1 aromatic carbocycles. The zero-order valence-corrected chi connectivity index (χ0v) is 14.3. The number of benzene rings is 1. The summed E-state index contributed by atoms with van der Waals surface area (Å²) >= 11 is 5.81. The number of hydrogen-bond acceptors (Lipinski definition) is 4. The van der Waals surface area contributed by atoms with Crippen molar-refractivity contribution in [2.45, 2.75) is 24.9 Å². The van der Waals surface area contributed by atoms with Gasteiger partial charge in [-0.15, -0.1) is 0 Å². The topological polar surface area (TPSA) is 47.0 Å². The minimum atomic E-state index is -1.15. The zero-order chi connectivity index (χ0) is 17.3. The molecular formula is C19H17ClFN3O. The second kappa shape index (κ2) is 6.48. The van der Waals surface area contributed by atoms with Crippen LogP contribution in [-0.2, 0) is 0 Å². The Kier molecular flexibility index (Phi) is 4.17. The van der Waals surface area contributed by atoms with Gasteiger partial charge in [0.05, 0.1) is 11.9 Å². The highest BCUT2D eigenvalue weighted by molar-refractivity contribution is 6.29. The Hall–Kier alpha value is -2.40. The lowest BCUT2D eigenvalue weighted by atomic mass is 9.83. The number of ether oxygens (including phenoxy) is 1. The van der Waals surface area contributed by atoms with Crippen molar-refractivity contribution in [2.24, 2.45) is 0 Å². The maximum absolute atomic E-state index is 14.1. The van der Waals surface area contributed by atoms with Crippen LogP contribution in [0.3, 0.4) is 0 Å². The van der Waals surface area contributed by atoms with Crippen molar-refractivity contribution in [2.75, 3.05) is 11.9 Å². The molecule has 1 saturated carbocycles. The number of alkyl halides is 1. The number of nitrogens with one attached hydrogen (secondary N) is 1. The summed E-state index contributed by atoms with van der Waals surface area (Å²) in [5.41, 5.74) is -0.351. The SMILES string of the molecule is FC1(COc2ccc3c(Nc4ccc(Cl)nc4)nccc3c2)CCC1. The number of rotatable bonds is 5. The average Bonchev–Trinajstić information content (AvgIpc) is 2.60. The second-order valence-electron chi connectivity index (χ2n) is 6.33. The normalized spacial score (nSPS) is 15.6. The van der Waals surface area contributed by atoms with E-state index in [1.54, 1.807) is 18.5 Å². The fraction of sp³-hybridized carbons (Fsp3) is 0.263. The van der Waals surface area contributed by atoms with Crippen LogP contribution >= 0.6 is 11.6 Å². The molecule has 2 aromatic heterocycles. The fourth-order valence-corrected chi connectivity index (χ4v) is 2.96. The molecule has 0 atom stereocenters. The van der Waals surface area contributed by atoms with Gasteiger partial charge in [-0.25, -0.2) is 14.4 Å². The van der Waals surface area contributed by atoms with Crippen LogP contribution in [0.1, 0.15) is 19.3 Å². The highest BCUT2D eigenvalue weighted by atomic mass is 35.5. The summed E-state index contributed by atoms with van der Waals surface area (Å²) in [6, 6.07) is 11.1. The first-order valence-corrected chi connectivity index (χ1v) is 8.58. The van der Waals surface area contributed by atoms with Crippen molar-refractivity contribution in [1.29, 1.82) is 0 Å². The lowest BCUT2D eigenvalue weighted by molar-refractivity contribution is 0.0125. The summed E-state index contributed by atoms with van der Waals surface area (Å²) in [5.74, 6) is 1.39. The van der Waals surface area contributed by atoms with Gasteiger partial charge in [0.15, 0.2) is 0 Å². The molecule has 6 heteroatoms. The first kappa shape index (κ1) is 16.1. The number of pyridine rings is 2. The van der Waals surface area contributed by atoms with E-state index in [0.29, 0.717) is 29.6 Å². The Morgan fingerprint density at radius 2 is 2.04 bits per heavy atom. The summed E-state index contributed by atoms with van der Waals surface area (Å²) in [5, 5.41) is 5.59. The standard InChI is InChI=1S/C19H17ClFN3O/c20-17-5-2-14(11-23-17)24-18-16-4-3-15(10-13(16)6-9-22-18)25-12-19(21)7-1-8-19/h2-6,9-11H,1,7-8,12H2,(H,22,24). The zero-order valence-electron chi connectivity index (χ0n) is 13.5. The first-order chi connectivity index (χ1) is 12.1. The molecule has 1 aliphatic carbocycles. The smallest absolute Gasteiger partial charge is 0.144 e. The summed E-state index contributed by atoms with van der Waals surface area (Å²) in [4.78, 5) is 8.44. The van der Waals surface area contributed by atoms with Crippen LogP contribution in [-0.4, -0.2) is 22.2 Å². The summed E-state index contributed by atoms with van der Waals surface area (Å²) < 4.78 is 19.7. The molecule has 0 radical (unpaired) electrons. The summed E-state index contributed by atoms with van der Waals surface area (Å²) in [6.07, 6.45) is 5.50. The molecule has 1 aliphatic rings. The molecule has 4 rings (SSSR count). The molecule has 4 nitrogen and oxygen atoms in total. The first-order valence-electron chi connectivity index (χ1n) is 8.20. The molecule has 0 unspecified atom stereocenters. The van der Waals surface area contributed by atoms with Crippen LogP contribution in [0, 0.1) is 0 Å². The van der Waals surface area contributed by atoms with Gasteiger partial charge in [0.2, 0.25) is 0 Å². The predicted octanol–water partition coefficient (Wildman–Crippen LogP) is 5.30. The van der Waals surface area contributed by atoms with Crippen molar-refractivity contribution >= 4 is 33.9 Å². The lowest BCUT2D eigenvalue weighted by Crippen LogP contribution is -2.38. The Morgan fingerprint density at radius 3 is 2.76 bits per heavy atom. The van der Waals surface area contributed by atoms with Crippen LogP contribution < -0.4 is 10.1 Å². The molecule has 3 aromatic rings. The summed E-state index contributed by atoms with van der Waals surface area (Å²) in [7, 11) is 0. The minimum Gasteiger partial charge on any atom is -0.490 e. The quantitative estimate of drug-likeness (QED) is 0.629. The van der Waals surface area contributed by atoms with Crippen molar-refractivity contribution in [3.8, 4) is 5.75 Å². The maximum Gasteiger partial charge on any atom is 0.144 e. The third-order valence-corrected chi connectivity index (χ3v) is 4.70. The van der Waals surface area contributed by atoms with Gasteiger partial charge in [0.25, 0.3) is 0 Å². The third-order valence-electron chi connectivity index (χ3n) is 4.47. The number of fused-ring (bicyclic) bond motifs is 1. The largest absolute Gasteiger partial charge is 0.490 e. The Morgan fingerprint density at radius 1 is 1.16 bits per heavy atom. The van der Waals surface area contributed by atoms with E-state index in [1.807, 2.05) is 30.3 Å². The van der Waals surface area contributed by atoms with Crippen LogP contribution in [0.4, 0.5) is 15.9 Å². The molecular weight excluding hydrogens is 341 g/mol. The van der Waals surface area contributed by atoms with Crippen molar-refractivity contribution in [1.82, 2.24) is 9.97 Å². The van der Waals surface area contributed by atoms with Gasteiger partial charge in [-0.2, -0.15) is 0 Å². The molecule has 0 spiro atoms. The highest BCUT2D eigenvalue weighted by Crippen LogP contribution is 2.36. The molecule has 0 amide bonds. The van der Waals surface area contributed by atoms with Crippen molar-refractivity contribution < 1.29 is 9.13 Å². The van der Waals surface area contributed by atoms with E-state index in [4.69, 9.17) is 16.3 Å². The second-order valence-corrected chi connectivity index (χ2v) is 6.72. The molecule has 0 bridgehead atoms. The van der Waals surface area contributed by atoms with E-state index in [1.165, 1.54) is 0 Å². The summed E-state index contributed by atoms with van der Waals surface area (Å²) in [6.45, 7) is 0.116. The number of anilines is 2. The third kappa shape index (κ3) is 3.51. The molecule has 0 aliphatic heterocycles. The average molecular weight is 358 g/mol. The van der Waals surface area contributed by atoms with Crippen LogP contribution in [0.15, 0.2) is 48.8 Å². The van der Waals surface area contributed by atoms with Gasteiger partial charge in [-0.05, 0) is 61.0 Å². The van der Waals surface area contributed by atoms with E-state index in [9.17, 15) is 4.39 Å². The predicted molar refractivity (Wildman–Crippen MR) is 97.5 cm³/mol. The van der Waals surface area contributed by atoms with Gasteiger partial charge in [0.1, 0.15) is 29.0 Å². The molecule has 1 fully saturated rings. The minimum absolute atomic E-state index is 0.116. The lowest BCUT2D eigenvalue weighted by Gasteiger charge is -2.33. The Labute approximate surface area is 150 Å². The van der Waals surface area contributed by atoms with Gasteiger partial charge < -0.3 is 10.1 Å². The van der Waals surface area contributed by atoms with Gasteiger partial charge >= 0.3 is 0 Å². The monoisotopic (exact) mass is 357 g/mol. The Bertz CT molecular complexity index is 897. The van der Waals surface area contributed by atoms with E-state index in [0.717, 1.165) is 22.9 Å². The van der Waals surface area contributed by atoms with Gasteiger partial charge in [-0.3, -0.25) is 0 Å². The molecule has 1 N–H and O–H groups in total. The fourth-order valence-electron chi connectivity index (χ4n) is 2.85. The van der Waals surface area contributed by atoms with E-state index in [-0.39, 0.29) is 6.61 Å². The number of halogens is 2. The Balaban J connectivity index is 1.55. The van der Waals surface area contributed by atoms with Crippen LogP contribution in [0.25, 0.3) is 10.8 Å². The maximum atomic E-state index is 14.1. The molecule has 25 heavy (non-hydrogen) atoms.